The van der Waals surface area contributed by atoms with Crippen LogP contribution in [-0.2, 0) is 0 Å². The van der Waals surface area contributed by atoms with Crippen LogP contribution in [0.3, 0.4) is 0 Å². The highest BCUT2D eigenvalue weighted by molar-refractivity contribution is 7.80. The number of hydrogen-bond acceptors (Lipinski definition) is 6. The van der Waals surface area contributed by atoms with E-state index in [-0.39, 0.29) is 15.3 Å². The van der Waals surface area contributed by atoms with Crippen LogP contribution in [0.5, 0.6) is 0 Å². The van der Waals surface area contributed by atoms with Crippen LogP contribution >= 0.6 is 36.7 Å². The van der Waals surface area contributed by atoms with Crippen LogP contribution in [0.4, 0.5) is 0 Å². The van der Waals surface area contributed by atoms with Gasteiger partial charge in [-0.05, 0) is 69.9 Å². The third kappa shape index (κ3) is 14.1. The summed E-state index contributed by atoms with van der Waals surface area (Å²) in [5.41, 5.74) is 21.4. The molecular formula is C14H23N9S3. The van der Waals surface area contributed by atoms with E-state index in [1.54, 1.807) is 0 Å². The van der Waals surface area contributed by atoms with Crippen LogP contribution < -0.4 is 27.7 Å². The van der Waals surface area contributed by atoms with Gasteiger partial charge in [0.1, 0.15) is 0 Å². The number of rotatable bonds is 7. The maximum absolute atomic E-state index is 5.30. The van der Waals surface area contributed by atoms with E-state index in [1.165, 1.54) is 0 Å². The molecular weight excluding hydrogens is 390 g/mol. The minimum atomic E-state index is 0.106. The van der Waals surface area contributed by atoms with Gasteiger partial charge in [-0.25, -0.2) is 10.4 Å². The van der Waals surface area contributed by atoms with Gasteiger partial charge in [-0.2, -0.15) is 10.2 Å². The summed E-state index contributed by atoms with van der Waals surface area (Å²) in [5, 5.41) is 12.4. The Kier molecular flexibility index (Phi) is 11.9. The predicted octanol–water partition coefficient (Wildman–Crippen LogP) is 1.05. The summed E-state index contributed by atoms with van der Waals surface area (Å²) in [5.74, 6) is 2.82. The highest BCUT2D eigenvalue weighted by atomic mass is 32.1. The zero-order valence-electron chi connectivity index (χ0n) is 15.1. The first-order valence-electron chi connectivity index (χ1n) is 7.39. The number of hydrazone groups is 3. The van der Waals surface area contributed by atoms with Gasteiger partial charge in [0.15, 0.2) is 10.2 Å². The second-order valence-corrected chi connectivity index (χ2v) is 6.53. The molecule has 0 saturated carbocycles. The Labute approximate surface area is 169 Å². The minimum absolute atomic E-state index is 0.106. The highest BCUT2D eigenvalue weighted by Gasteiger charge is 1.99. The molecule has 0 atom stereocenters. The largest absolute Gasteiger partial charge is 0.375 e. The van der Waals surface area contributed by atoms with E-state index in [0.29, 0.717) is 12.8 Å². The molecule has 0 radical (unpaired) electrons. The zero-order chi connectivity index (χ0) is 20.1. The third-order valence-corrected chi connectivity index (χ3v) is 2.80. The van der Waals surface area contributed by atoms with Crippen LogP contribution in [-0.4, -0.2) is 38.3 Å². The summed E-state index contributed by atoms with van der Waals surface area (Å²) < 4.78 is 0. The summed E-state index contributed by atoms with van der Waals surface area (Å²) in [6, 6.07) is 0. The Balaban J connectivity index is 4.60. The second-order valence-electron chi connectivity index (χ2n) is 5.27. The molecule has 0 spiro atoms. The Morgan fingerprint density at radius 3 is 1.81 bits per heavy atom. The SMILES string of the molecule is CC(=C=NNC(=S)/N=C(\C)C/C(C)=N/NC(N)=S)C/C(C)=N/NC(N)=S. The van der Waals surface area contributed by atoms with Crippen LogP contribution in [0, 0.1) is 0 Å². The molecule has 0 aromatic carbocycles. The molecule has 0 heterocycles. The number of allylic oxidation sites excluding steroid dienone is 1. The van der Waals surface area contributed by atoms with Crippen molar-refractivity contribution in [3.63, 3.8) is 0 Å². The number of thiocarbonyl (C=S) groups is 3. The van der Waals surface area contributed by atoms with Crippen molar-refractivity contribution in [2.45, 2.75) is 40.5 Å². The number of nitrogens with zero attached hydrogens (tertiary/aromatic N) is 4. The summed E-state index contributed by atoms with van der Waals surface area (Å²) in [7, 11) is 0. The molecule has 0 aromatic heterocycles. The van der Waals surface area contributed by atoms with Crippen LogP contribution in [0.2, 0.25) is 0 Å². The summed E-state index contributed by atoms with van der Waals surface area (Å²) in [6.45, 7) is 7.34. The molecule has 0 bridgehead atoms. The van der Waals surface area contributed by atoms with Crippen molar-refractivity contribution >= 4 is 75.0 Å². The van der Waals surface area contributed by atoms with E-state index < -0.39 is 0 Å². The van der Waals surface area contributed by atoms with Gasteiger partial charge in [0, 0.05) is 35.8 Å². The number of nitrogens with two attached hydrogens (primary N) is 2. The molecule has 9 nitrogen and oxygen atoms in total. The van der Waals surface area contributed by atoms with Crippen molar-refractivity contribution in [2.24, 2.45) is 31.8 Å². The van der Waals surface area contributed by atoms with E-state index in [2.05, 4.69) is 66.9 Å². The van der Waals surface area contributed by atoms with Crippen molar-refractivity contribution < 1.29 is 0 Å². The van der Waals surface area contributed by atoms with Crippen molar-refractivity contribution in [3.8, 4) is 0 Å². The molecule has 0 rings (SSSR count). The monoisotopic (exact) mass is 413 g/mol. The Morgan fingerprint density at radius 2 is 1.31 bits per heavy atom. The van der Waals surface area contributed by atoms with E-state index in [0.717, 1.165) is 22.7 Å². The van der Waals surface area contributed by atoms with Gasteiger partial charge < -0.3 is 11.5 Å². The average Bonchev–Trinajstić information content (AvgIpc) is 2.50. The summed E-state index contributed by atoms with van der Waals surface area (Å²) in [4.78, 5) is 4.21. The molecule has 0 unspecified atom stereocenters. The van der Waals surface area contributed by atoms with Crippen molar-refractivity contribution in [1.82, 2.24) is 16.3 Å². The van der Waals surface area contributed by atoms with Crippen molar-refractivity contribution in [3.05, 3.63) is 5.57 Å². The predicted molar refractivity (Wildman–Crippen MR) is 121 cm³/mol. The standard InChI is InChI=1S/C14H23N9S3/c1-8(5-10(3)19-21-12(15)24)7-17-23-14(26)18-9(2)6-11(4)20-22-13(16)25/h5-6H2,1-4H3,(H,23,26)(H3,15,21,24)(H3,16,22,25)/b18-9+,19-10+,20-11+. The van der Waals surface area contributed by atoms with Gasteiger partial charge in [-0.3, -0.25) is 10.9 Å². The molecule has 0 aromatic rings. The Morgan fingerprint density at radius 1 is 0.808 bits per heavy atom. The van der Waals surface area contributed by atoms with Gasteiger partial charge in [-0.1, -0.05) is 0 Å². The number of hydrogen-bond donors (Lipinski definition) is 5. The number of nitrogens with one attached hydrogen (secondary N) is 3. The van der Waals surface area contributed by atoms with E-state index >= 15 is 0 Å². The maximum atomic E-state index is 5.30. The van der Waals surface area contributed by atoms with Crippen LogP contribution in [0.1, 0.15) is 40.5 Å². The second kappa shape index (κ2) is 13.0. The molecule has 12 heteroatoms. The molecule has 0 aliphatic heterocycles. The molecule has 7 N–H and O–H groups in total. The molecule has 26 heavy (non-hydrogen) atoms. The molecule has 0 saturated heterocycles. The number of aliphatic imine (C=N–C) groups is 1. The van der Waals surface area contributed by atoms with Crippen molar-refractivity contribution in [1.29, 1.82) is 0 Å². The van der Waals surface area contributed by atoms with Gasteiger partial charge in [0.25, 0.3) is 0 Å². The normalized spacial score (nSPS) is 11.9. The summed E-state index contributed by atoms with van der Waals surface area (Å²) in [6.07, 6.45) is 1.07. The maximum Gasteiger partial charge on any atom is 0.213 e. The van der Waals surface area contributed by atoms with Gasteiger partial charge in [-0.15, -0.1) is 5.10 Å². The highest BCUT2D eigenvalue weighted by Crippen LogP contribution is 1.96. The molecule has 0 aliphatic rings. The lowest BCUT2D eigenvalue weighted by Crippen LogP contribution is -2.25. The first kappa shape index (κ1) is 23.7. The fourth-order valence-corrected chi connectivity index (χ4v) is 1.88. The topological polar surface area (TPSA) is 138 Å². The fourth-order valence-electron chi connectivity index (χ4n) is 1.58. The van der Waals surface area contributed by atoms with Crippen molar-refractivity contribution in [2.75, 3.05) is 0 Å². The first-order valence-corrected chi connectivity index (χ1v) is 8.62. The van der Waals surface area contributed by atoms with Gasteiger partial charge in [0.2, 0.25) is 5.11 Å². The third-order valence-electron chi connectivity index (χ3n) is 2.44. The molecule has 0 amide bonds. The van der Waals surface area contributed by atoms with E-state index in [4.69, 9.17) is 23.7 Å². The van der Waals surface area contributed by atoms with Gasteiger partial charge in [0.05, 0.1) is 0 Å². The molecule has 0 aliphatic carbocycles. The zero-order valence-corrected chi connectivity index (χ0v) is 17.5. The Bertz CT molecular complexity index is 700. The lowest BCUT2D eigenvalue weighted by Gasteiger charge is -2.02. The smallest absolute Gasteiger partial charge is 0.213 e. The van der Waals surface area contributed by atoms with Crippen LogP contribution in [0.25, 0.3) is 0 Å². The Hall–Kier alpha value is -2.27. The molecule has 142 valence electrons. The minimum Gasteiger partial charge on any atom is -0.375 e. The lowest BCUT2D eigenvalue weighted by molar-refractivity contribution is 1.01. The van der Waals surface area contributed by atoms with Gasteiger partial charge >= 0.3 is 0 Å². The van der Waals surface area contributed by atoms with Crippen LogP contribution in [0.15, 0.2) is 25.9 Å². The van der Waals surface area contributed by atoms with E-state index in [9.17, 15) is 0 Å². The molecule has 0 fully saturated rings. The summed E-state index contributed by atoms with van der Waals surface area (Å²) >= 11 is 14.4. The lowest BCUT2D eigenvalue weighted by atomic mass is 10.2. The fraction of sp³-hybridized carbons (Fsp3) is 0.429. The quantitative estimate of drug-likeness (QED) is 0.237. The average molecular weight is 414 g/mol. The first-order chi connectivity index (χ1) is 12.1. The van der Waals surface area contributed by atoms with E-state index in [1.807, 2.05) is 27.7 Å².